The molecule has 1 N–H and O–H groups in total. The summed E-state index contributed by atoms with van der Waals surface area (Å²) in [6.45, 7) is 1.73. The van der Waals surface area contributed by atoms with Crippen LogP contribution in [0.4, 0.5) is 0 Å². The number of nitrogens with one attached hydrogen (secondary N) is 1. The van der Waals surface area contributed by atoms with Crippen molar-refractivity contribution in [2.75, 3.05) is 7.11 Å². The molecule has 1 aromatic rings. The predicted molar refractivity (Wildman–Crippen MR) is 61.6 cm³/mol. The number of benzene rings is 1. The molecule has 0 aromatic heterocycles. The fourth-order valence-electron chi connectivity index (χ4n) is 1.77. The molecular formula is C11H11NO5S. The Bertz CT molecular complexity index is 635. The number of ether oxygens (including phenoxy) is 1. The van der Waals surface area contributed by atoms with Gasteiger partial charge in [-0.25, -0.2) is 13.2 Å². The van der Waals surface area contributed by atoms with Crippen LogP contribution in [0.25, 0.3) is 0 Å². The fourth-order valence-corrected chi connectivity index (χ4v) is 3.11. The molecule has 0 saturated carbocycles. The second kappa shape index (κ2) is 4.18. The van der Waals surface area contributed by atoms with Crippen molar-refractivity contribution in [3.8, 4) is 0 Å². The fraction of sp³-hybridized carbons (Fsp3) is 0.273. The summed E-state index contributed by atoms with van der Waals surface area (Å²) in [5.41, 5.74) is 0.756. The van der Waals surface area contributed by atoms with E-state index in [-0.39, 0.29) is 10.5 Å². The maximum Gasteiger partial charge on any atom is 0.332 e. The molecule has 0 aliphatic carbocycles. The summed E-state index contributed by atoms with van der Waals surface area (Å²) >= 11 is 0. The zero-order chi connectivity index (χ0) is 13.5. The van der Waals surface area contributed by atoms with Crippen LogP contribution in [-0.2, 0) is 19.6 Å². The highest BCUT2D eigenvalue weighted by Crippen LogP contribution is 2.24. The molecule has 0 spiro atoms. The van der Waals surface area contributed by atoms with E-state index in [0.717, 1.165) is 12.7 Å². The highest BCUT2D eigenvalue weighted by atomic mass is 32.2. The van der Waals surface area contributed by atoms with E-state index in [1.807, 2.05) is 4.72 Å². The Labute approximate surface area is 104 Å². The van der Waals surface area contributed by atoms with Crippen LogP contribution in [0.5, 0.6) is 0 Å². The molecule has 0 saturated heterocycles. The normalized spacial score (nSPS) is 21.2. The van der Waals surface area contributed by atoms with E-state index in [9.17, 15) is 18.0 Å². The third-order valence-corrected chi connectivity index (χ3v) is 4.14. The van der Waals surface area contributed by atoms with Crippen LogP contribution in [0.2, 0.25) is 0 Å². The van der Waals surface area contributed by atoms with Gasteiger partial charge in [0.1, 0.15) is 0 Å². The average molecular weight is 269 g/mol. The Morgan fingerprint density at radius 3 is 2.67 bits per heavy atom. The molecule has 1 aromatic carbocycles. The summed E-state index contributed by atoms with van der Waals surface area (Å²) in [5.74, 6) is -1.52. The molecule has 1 atom stereocenters. The predicted octanol–water partition coefficient (Wildman–Crippen LogP) is 0.0112. The smallest absolute Gasteiger partial charge is 0.332 e. The summed E-state index contributed by atoms with van der Waals surface area (Å²) in [6.07, 6.45) is 0. The summed E-state index contributed by atoms with van der Waals surface area (Å²) in [4.78, 5) is 23.3. The molecule has 1 unspecified atom stereocenters. The van der Waals surface area contributed by atoms with E-state index < -0.39 is 27.8 Å². The van der Waals surface area contributed by atoms with Crippen LogP contribution in [0, 0.1) is 6.92 Å². The minimum atomic E-state index is -3.87. The molecule has 0 bridgehead atoms. The second-order valence-corrected chi connectivity index (χ2v) is 5.62. The van der Waals surface area contributed by atoms with Crippen molar-refractivity contribution >= 4 is 21.8 Å². The van der Waals surface area contributed by atoms with Gasteiger partial charge in [0.05, 0.1) is 12.0 Å². The Morgan fingerprint density at radius 2 is 2.06 bits per heavy atom. The molecule has 0 amide bonds. The van der Waals surface area contributed by atoms with Crippen LogP contribution < -0.4 is 4.72 Å². The summed E-state index contributed by atoms with van der Waals surface area (Å²) in [7, 11) is -2.77. The van der Waals surface area contributed by atoms with E-state index >= 15 is 0 Å². The van der Waals surface area contributed by atoms with Gasteiger partial charge in [0.25, 0.3) is 0 Å². The number of aryl methyl sites for hydroxylation is 1. The minimum Gasteiger partial charge on any atom is -0.467 e. The molecule has 1 aliphatic heterocycles. The standard InChI is InChI=1S/C11H11NO5S/c1-6-3-4-8-7(5-6)10(13)9(11(14)17-2)12-18(8,15)16/h3-5,9,12H,1-2H3. The van der Waals surface area contributed by atoms with Gasteiger partial charge in [-0.15, -0.1) is 0 Å². The SMILES string of the molecule is COC(=O)C1NS(=O)(=O)c2ccc(C)cc2C1=O. The highest BCUT2D eigenvalue weighted by molar-refractivity contribution is 7.89. The summed E-state index contributed by atoms with van der Waals surface area (Å²) in [6, 6.07) is 2.88. The van der Waals surface area contributed by atoms with Crippen LogP contribution in [0.3, 0.4) is 0 Å². The zero-order valence-corrected chi connectivity index (χ0v) is 10.6. The monoisotopic (exact) mass is 269 g/mol. The number of carbonyl (C=O) groups excluding carboxylic acids is 2. The zero-order valence-electron chi connectivity index (χ0n) is 9.76. The van der Waals surface area contributed by atoms with Gasteiger partial charge in [-0.2, -0.15) is 4.72 Å². The molecule has 0 fully saturated rings. The topological polar surface area (TPSA) is 89.5 Å². The molecule has 18 heavy (non-hydrogen) atoms. The van der Waals surface area contributed by atoms with Gasteiger partial charge in [-0.1, -0.05) is 11.6 Å². The first kappa shape index (κ1) is 12.7. The van der Waals surface area contributed by atoms with E-state index in [0.29, 0.717) is 0 Å². The van der Waals surface area contributed by atoms with Gasteiger partial charge in [-0.05, 0) is 19.1 Å². The second-order valence-electron chi connectivity index (χ2n) is 3.94. The molecule has 96 valence electrons. The Balaban J connectivity index is 2.63. The molecule has 2 rings (SSSR count). The van der Waals surface area contributed by atoms with Crippen molar-refractivity contribution < 1.29 is 22.7 Å². The molecule has 7 heteroatoms. The number of hydrogen-bond donors (Lipinski definition) is 1. The number of esters is 1. The Morgan fingerprint density at radius 1 is 1.39 bits per heavy atom. The van der Waals surface area contributed by atoms with Gasteiger partial charge < -0.3 is 4.74 Å². The lowest BCUT2D eigenvalue weighted by Crippen LogP contribution is -2.50. The van der Waals surface area contributed by atoms with Gasteiger partial charge in [0.15, 0.2) is 11.8 Å². The lowest BCUT2D eigenvalue weighted by atomic mass is 10.0. The van der Waals surface area contributed by atoms with E-state index in [2.05, 4.69) is 4.74 Å². The maximum absolute atomic E-state index is 12.0. The first-order valence-corrected chi connectivity index (χ1v) is 6.60. The number of Topliss-reactive ketones (excluding diaryl/α,β-unsaturated/α-hetero) is 1. The molecular weight excluding hydrogens is 258 g/mol. The van der Waals surface area contributed by atoms with E-state index in [1.165, 1.54) is 12.1 Å². The number of methoxy groups -OCH3 is 1. The van der Waals surface area contributed by atoms with Crippen LogP contribution >= 0.6 is 0 Å². The van der Waals surface area contributed by atoms with Crippen molar-refractivity contribution in [1.29, 1.82) is 0 Å². The third kappa shape index (κ3) is 1.91. The molecule has 1 heterocycles. The first-order chi connectivity index (χ1) is 8.36. The Kier molecular flexibility index (Phi) is 2.95. The maximum atomic E-state index is 12.0. The number of fused-ring (bicyclic) bond motifs is 1. The minimum absolute atomic E-state index is 0.0177. The van der Waals surface area contributed by atoms with Gasteiger partial charge >= 0.3 is 5.97 Å². The van der Waals surface area contributed by atoms with Crippen molar-refractivity contribution in [3.05, 3.63) is 29.3 Å². The molecule has 0 radical (unpaired) electrons. The van der Waals surface area contributed by atoms with Crippen molar-refractivity contribution in [2.24, 2.45) is 0 Å². The Hall–Kier alpha value is -1.73. The van der Waals surface area contributed by atoms with Crippen molar-refractivity contribution in [3.63, 3.8) is 0 Å². The number of sulfonamides is 1. The molecule has 6 nitrogen and oxygen atoms in total. The largest absolute Gasteiger partial charge is 0.467 e. The molecule has 1 aliphatic rings. The van der Waals surface area contributed by atoms with Gasteiger partial charge in [-0.3, -0.25) is 4.79 Å². The van der Waals surface area contributed by atoms with Crippen LogP contribution in [-0.4, -0.2) is 33.3 Å². The number of hydrogen-bond acceptors (Lipinski definition) is 5. The quantitative estimate of drug-likeness (QED) is 0.573. The lowest BCUT2D eigenvalue weighted by Gasteiger charge is -2.23. The summed E-state index contributed by atoms with van der Waals surface area (Å²) in [5, 5.41) is 0. The lowest BCUT2D eigenvalue weighted by molar-refractivity contribution is -0.141. The van der Waals surface area contributed by atoms with E-state index in [4.69, 9.17) is 0 Å². The van der Waals surface area contributed by atoms with E-state index in [1.54, 1.807) is 13.0 Å². The average Bonchev–Trinajstić information content (AvgIpc) is 2.32. The summed E-state index contributed by atoms with van der Waals surface area (Å²) < 4.78 is 30.2. The van der Waals surface area contributed by atoms with Crippen molar-refractivity contribution in [1.82, 2.24) is 4.72 Å². The van der Waals surface area contributed by atoms with Gasteiger partial charge in [0, 0.05) is 5.56 Å². The third-order valence-electron chi connectivity index (χ3n) is 2.66. The number of ketones is 1. The number of rotatable bonds is 1. The van der Waals surface area contributed by atoms with Gasteiger partial charge in [0.2, 0.25) is 10.0 Å². The van der Waals surface area contributed by atoms with Crippen LogP contribution in [0.1, 0.15) is 15.9 Å². The first-order valence-electron chi connectivity index (χ1n) is 5.12. The highest BCUT2D eigenvalue weighted by Gasteiger charge is 2.40. The van der Waals surface area contributed by atoms with Crippen molar-refractivity contribution in [2.45, 2.75) is 17.9 Å². The number of carbonyl (C=O) groups is 2. The van der Waals surface area contributed by atoms with Crippen LogP contribution in [0.15, 0.2) is 23.1 Å².